The highest BCUT2D eigenvalue weighted by molar-refractivity contribution is 6.31. The van der Waals surface area contributed by atoms with Crippen LogP contribution in [0.5, 0.6) is 0 Å². The molecule has 0 aliphatic heterocycles. The molecule has 19 heavy (non-hydrogen) atoms. The summed E-state index contributed by atoms with van der Waals surface area (Å²) in [5.41, 5.74) is 1.18. The maximum Gasteiger partial charge on any atom is 0.253 e. The van der Waals surface area contributed by atoms with Crippen LogP contribution in [0.4, 0.5) is 5.69 Å². The van der Waals surface area contributed by atoms with Crippen LogP contribution in [0, 0.1) is 11.8 Å². The van der Waals surface area contributed by atoms with Crippen LogP contribution >= 0.6 is 11.6 Å². The summed E-state index contributed by atoms with van der Waals surface area (Å²) in [4.78, 5) is 11.8. The molecule has 0 spiro atoms. The van der Waals surface area contributed by atoms with Crippen LogP contribution in [0.1, 0.15) is 18.9 Å². The van der Waals surface area contributed by atoms with E-state index in [1.807, 2.05) is 0 Å². The summed E-state index contributed by atoms with van der Waals surface area (Å²) in [6, 6.07) is 5.05. The van der Waals surface area contributed by atoms with Gasteiger partial charge in [0.2, 0.25) is 0 Å². The maximum atomic E-state index is 11.8. The van der Waals surface area contributed by atoms with E-state index in [0.29, 0.717) is 22.7 Å². The summed E-state index contributed by atoms with van der Waals surface area (Å²) in [7, 11) is 1.46. The van der Waals surface area contributed by atoms with E-state index in [9.17, 15) is 4.79 Å². The molecule has 0 saturated carbocycles. The Hall–Kier alpha value is -1.54. The molecule has 0 bridgehead atoms. The van der Waals surface area contributed by atoms with E-state index in [1.54, 1.807) is 25.1 Å². The second-order valence-electron chi connectivity index (χ2n) is 3.83. The Morgan fingerprint density at radius 3 is 2.95 bits per heavy atom. The van der Waals surface area contributed by atoms with Crippen LogP contribution in [0.25, 0.3) is 0 Å². The first-order valence-electron chi connectivity index (χ1n) is 5.81. The molecule has 102 valence electrons. The van der Waals surface area contributed by atoms with Crippen LogP contribution in [0.2, 0.25) is 5.02 Å². The lowest BCUT2D eigenvalue weighted by Crippen LogP contribution is -2.26. The summed E-state index contributed by atoms with van der Waals surface area (Å²) >= 11 is 5.90. The van der Waals surface area contributed by atoms with Crippen molar-refractivity contribution in [2.45, 2.75) is 19.4 Å². The quantitative estimate of drug-likeness (QED) is 0.831. The number of benzene rings is 1. The van der Waals surface area contributed by atoms with Crippen molar-refractivity contribution in [3.05, 3.63) is 28.8 Å². The van der Waals surface area contributed by atoms with Crippen LogP contribution < -0.4 is 5.32 Å². The zero-order chi connectivity index (χ0) is 14.3. The van der Waals surface area contributed by atoms with E-state index in [0.717, 1.165) is 0 Å². The first-order chi connectivity index (χ1) is 9.08. The van der Waals surface area contributed by atoms with Crippen LogP contribution in [0.3, 0.4) is 0 Å². The molecule has 1 rings (SSSR count). The number of nitrogens with one attached hydrogen (secondary N) is 1. The molecule has 1 aromatic carbocycles. The molecular weight excluding hydrogens is 266 g/mol. The number of rotatable bonds is 4. The first kappa shape index (κ1) is 15.5. The maximum absolute atomic E-state index is 11.8. The minimum Gasteiger partial charge on any atom is -0.395 e. The van der Waals surface area contributed by atoms with Gasteiger partial charge in [-0.05, 0) is 25.1 Å². The van der Waals surface area contributed by atoms with Crippen molar-refractivity contribution in [2.75, 3.05) is 19.0 Å². The summed E-state index contributed by atoms with van der Waals surface area (Å²) in [5, 5.41) is 11.9. The van der Waals surface area contributed by atoms with Crippen LogP contribution in [-0.2, 0) is 9.53 Å². The average Bonchev–Trinajstić information content (AvgIpc) is 2.40. The zero-order valence-electron chi connectivity index (χ0n) is 10.9. The average molecular weight is 282 g/mol. The van der Waals surface area contributed by atoms with Crippen molar-refractivity contribution in [3.63, 3.8) is 0 Å². The van der Waals surface area contributed by atoms with Gasteiger partial charge in [-0.3, -0.25) is 4.79 Å². The standard InChI is InChI=1S/C14H16ClNO3/c1-10(19-2)14(18)16-13-9-12(15)7-6-11(13)5-3-4-8-17/h6-7,9-10,17H,4,8H2,1-2H3,(H,16,18). The van der Waals surface area contributed by atoms with Gasteiger partial charge in [0.15, 0.2) is 0 Å². The largest absolute Gasteiger partial charge is 0.395 e. The van der Waals surface area contributed by atoms with Gasteiger partial charge in [0.05, 0.1) is 12.3 Å². The van der Waals surface area contributed by atoms with Crippen LogP contribution in [-0.4, -0.2) is 30.8 Å². The normalized spacial score (nSPS) is 11.4. The van der Waals surface area contributed by atoms with Gasteiger partial charge < -0.3 is 15.2 Å². The number of amides is 1. The van der Waals surface area contributed by atoms with E-state index < -0.39 is 6.10 Å². The molecule has 2 N–H and O–H groups in total. The lowest BCUT2D eigenvalue weighted by Gasteiger charge is -2.12. The molecular formula is C14H16ClNO3. The number of aliphatic hydroxyl groups is 1. The van der Waals surface area contributed by atoms with Crippen LogP contribution in [0.15, 0.2) is 18.2 Å². The van der Waals surface area contributed by atoms with Gasteiger partial charge in [0.1, 0.15) is 6.10 Å². The fourth-order valence-electron chi connectivity index (χ4n) is 1.28. The first-order valence-corrected chi connectivity index (χ1v) is 6.19. The summed E-state index contributed by atoms with van der Waals surface area (Å²) in [6.07, 6.45) is -0.179. The van der Waals surface area contributed by atoms with Crippen molar-refractivity contribution >= 4 is 23.2 Å². The van der Waals surface area contributed by atoms with Crippen molar-refractivity contribution < 1.29 is 14.6 Å². The lowest BCUT2D eigenvalue weighted by molar-refractivity contribution is -0.124. The van der Waals surface area contributed by atoms with Gasteiger partial charge in [-0.2, -0.15) is 0 Å². The van der Waals surface area contributed by atoms with Gasteiger partial charge in [-0.25, -0.2) is 0 Å². The van der Waals surface area contributed by atoms with Crippen molar-refractivity contribution in [3.8, 4) is 11.8 Å². The van der Waals surface area contributed by atoms with Gasteiger partial charge in [0.25, 0.3) is 5.91 Å². The number of hydrogen-bond acceptors (Lipinski definition) is 3. The van der Waals surface area contributed by atoms with Gasteiger partial charge in [-0.1, -0.05) is 23.4 Å². The molecule has 4 nitrogen and oxygen atoms in total. The zero-order valence-corrected chi connectivity index (χ0v) is 11.6. The fourth-order valence-corrected chi connectivity index (χ4v) is 1.46. The number of carbonyl (C=O) groups excluding carboxylic acids is 1. The second kappa shape index (κ2) is 7.80. The molecule has 0 heterocycles. The topological polar surface area (TPSA) is 58.6 Å². The monoisotopic (exact) mass is 281 g/mol. The Kier molecular flexibility index (Phi) is 6.37. The number of carbonyl (C=O) groups is 1. The molecule has 1 atom stereocenters. The highest BCUT2D eigenvalue weighted by Gasteiger charge is 2.13. The number of anilines is 1. The fraction of sp³-hybridized carbons (Fsp3) is 0.357. The third-order valence-electron chi connectivity index (χ3n) is 2.42. The third-order valence-corrected chi connectivity index (χ3v) is 2.66. The highest BCUT2D eigenvalue weighted by Crippen LogP contribution is 2.20. The molecule has 5 heteroatoms. The predicted octanol–water partition coefficient (Wildman–Crippen LogP) is 2.05. The van der Waals surface area contributed by atoms with E-state index in [4.69, 9.17) is 21.4 Å². The Balaban J connectivity index is 2.95. The molecule has 0 aromatic heterocycles. The van der Waals surface area contributed by atoms with E-state index in [2.05, 4.69) is 17.2 Å². The molecule has 1 amide bonds. The summed E-state index contributed by atoms with van der Waals surface area (Å²) < 4.78 is 4.94. The van der Waals surface area contributed by atoms with Crippen molar-refractivity contribution in [2.24, 2.45) is 0 Å². The Bertz CT molecular complexity index is 505. The highest BCUT2D eigenvalue weighted by atomic mass is 35.5. The van der Waals surface area contributed by atoms with Gasteiger partial charge in [0, 0.05) is 24.1 Å². The van der Waals surface area contributed by atoms with Crippen molar-refractivity contribution in [1.29, 1.82) is 0 Å². The number of hydrogen-bond donors (Lipinski definition) is 2. The molecule has 0 aliphatic carbocycles. The Morgan fingerprint density at radius 1 is 1.58 bits per heavy atom. The van der Waals surface area contributed by atoms with E-state index >= 15 is 0 Å². The number of methoxy groups -OCH3 is 1. The molecule has 0 radical (unpaired) electrons. The SMILES string of the molecule is COC(C)C(=O)Nc1cc(Cl)ccc1C#CCCO. The lowest BCUT2D eigenvalue weighted by atomic mass is 10.1. The van der Waals surface area contributed by atoms with Crippen molar-refractivity contribution in [1.82, 2.24) is 0 Å². The predicted molar refractivity (Wildman–Crippen MR) is 75.1 cm³/mol. The minimum absolute atomic E-state index is 0.00297. The van der Waals surface area contributed by atoms with E-state index in [1.165, 1.54) is 7.11 Å². The smallest absolute Gasteiger partial charge is 0.253 e. The molecule has 1 aromatic rings. The van der Waals surface area contributed by atoms with Gasteiger partial charge >= 0.3 is 0 Å². The number of aliphatic hydroxyl groups excluding tert-OH is 1. The molecule has 1 unspecified atom stereocenters. The third kappa shape index (κ3) is 4.92. The molecule has 0 aliphatic rings. The molecule has 0 fully saturated rings. The Labute approximate surface area is 117 Å². The van der Waals surface area contributed by atoms with E-state index in [-0.39, 0.29) is 12.5 Å². The summed E-state index contributed by atoms with van der Waals surface area (Å²) in [6.45, 7) is 1.65. The second-order valence-corrected chi connectivity index (χ2v) is 4.27. The molecule has 0 saturated heterocycles. The summed E-state index contributed by atoms with van der Waals surface area (Å²) in [5.74, 6) is 5.41. The van der Waals surface area contributed by atoms with Gasteiger partial charge in [-0.15, -0.1) is 0 Å². The number of ether oxygens (including phenoxy) is 1. The Morgan fingerprint density at radius 2 is 2.32 bits per heavy atom. The minimum atomic E-state index is -0.558. The number of halogens is 1.